The predicted molar refractivity (Wildman–Crippen MR) is 82.3 cm³/mol. The van der Waals surface area contributed by atoms with Crippen molar-refractivity contribution in [2.24, 2.45) is 5.41 Å². The number of halogens is 2. The smallest absolute Gasteiger partial charge is 0.340 e. The number of ether oxygens (including phenoxy) is 1. The standard InChI is InChI=1S/C12H13Br2NO3S/c1-6-4-7(9(16)18-3)8(19-6)15-10(17)11(2)5-12(11,13)14/h4H,5H2,1-3H3,(H,15,17). The lowest BCUT2D eigenvalue weighted by atomic mass is 10.1. The van der Waals surface area contributed by atoms with E-state index >= 15 is 0 Å². The number of thiophene rings is 1. The lowest BCUT2D eigenvalue weighted by Gasteiger charge is -2.12. The molecule has 19 heavy (non-hydrogen) atoms. The molecule has 0 spiro atoms. The molecule has 1 aromatic heterocycles. The summed E-state index contributed by atoms with van der Waals surface area (Å²) in [6, 6.07) is 1.72. The lowest BCUT2D eigenvalue weighted by Crippen LogP contribution is -2.26. The summed E-state index contributed by atoms with van der Waals surface area (Å²) in [5.74, 6) is -0.558. The minimum Gasteiger partial charge on any atom is -0.465 e. The summed E-state index contributed by atoms with van der Waals surface area (Å²) in [6.45, 7) is 3.75. The van der Waals surface area contributed by atoms with Gasteiger partial charge in [0, 0.05) is 4.88 Å². The molecule has 2 rings (SSSR count). The van der Waals surface area contributed by atoms with Crippen LogP contribution in [-0.2, 0) is 9.53 Å². The molecule has 1 N–H and O–H groups in total. The van der Waals surface area contributed by atoms with Crippen molar-refractivity contribution in [2.75, 3.05) is 12.4 Å². The molecule has 1 aliphatic carbocycles. The van der Waals surface area contributed by atoms with Gasteiger partial charge in [0.1, 0.15) is 5.00 Å². The number of amides is 1. The minimum absolute atomic E-state index is 0.117. The van der Waals surface area contributed by atoms with Crippen LogP contribution >= 0.6 is 43.2 Å². The van der Waals surface area contributed by atoms with Crippen molar-refractivity contribution in [1.82, 2.24) is 0 Å². The van der Waals surface area contributed by atoms with E-state index in [0.29, 0.717) is 17.0 Å². The molecule has 7 heteroatoms. The largest absolute Gasteiger partial charge is 0.465 e. The molecule has 0 aliphatic heterocycles. The van der Waals surface area contributed by atoms with Gasteiger partial charge in [0.15, 0.2) is 0 Å². The lowest BCUT2D eigenvalue weighted by molar-refractivity contribution is -0.120. The molecule has 1 atom stereocenters. The molecular weight excluding hydrogens is 398 g/mol. The molecule has 0 saturated heterocycles. The zero-order valence-corrected chi connectivity index (χ0v) is 14.7. The van der Waals surface area contributed by atoms with E-state index in [4.69, 9.17) is 4.74 Å². The maximum absolute atomic E-state index is 12.3. The fraction of sp³-hybridized carbons (Fsp3) is 0.500. The Kier molecular flexibility index (Phi) is 3.83. The first kappa shape index (κ1) is 15.0. The van der Waals surface area contributed by atoms with Gasteiger partial charge in [-0.15, -0.1) is 11.3 Å². The molecule has 0 aromatic carbocycles. The fourth-order valence-corrected chi connectivity index (χ4v) is 4.13. The summed E-state index contributed by atoms with van der Waals surface area (Å²) in [5, 5.41) is 3.36. The van der Waals surface area contributed by atoms with Crippen molar-refractivity contribution in [3.8, 4) is 0 Å². The van der Waals surface area contributed by atoms with Crippen molar-refractivity contribution < 1.29 is 14.3 Å². The number of anilines is 1. The van der Waals surface area contributed by atoms with E-state index < -0.39 is 11.4 Å². The number of rotatable bonds is 3. The predicted octanol–water partition coefficient (Wildman–Crippen LogP) is 3.68. The summed E-state index contributed by atoms with van der Waals surface area (Å²) in [4.78, 5) is 24.8. The topological polar surface area (TPSA) is 55.4 Å². The average Bonchev–Trinajstić information content (AvgIpc) is 2.67. The molecule has 4 nitrogen and oxygen atoms in total. The summed E-state index contributed by atoms with van der Waals surface area (Å²) in [5.41, 5.74) is -0.115. The molecule has 1 heterocycles. The van der Waals surface area contributed by atoms with E-state index in [-0.39, 0.29) is 9.14 Å². The highest BCUT2D eigenvalue weighted by Crippen LogP contribution is 2.66. The quantitative estimate of drug-likeness (QED) is 0.610. The number of alkyl halides is 2. The number of hydrogen-bond donors (Lipinski definition) is 1. The van der Waals surface area contributed by atoms with Gasteiger partial charge in [-0.05, 0) is 26.3 Å². The normalized spacial score (nSPS) is 23.8. The van der Waals surface area contributed by atoms with Gasteiger partial charge in [-0.25, -0.2) is 4.79 Å². The van der Waals surface area contributed by atoms with Crippen LogP contribution in [0.15, 0.2) is 6.07 Å². The Balaban J connectivity index is 2.21. The van der Waals surface area contributed by atoms with Crippen molar-refractivity contribution in [2.45, 2.75) is 23.5 Å². The number of methoxy groups -OCH3 is 1. The number of esters is 1. The monoisotopic (exact) mass is 409 g/mol. The zero-order valence-electron chi connectivity index (χ0n) is 10.7. The first-order valence-electron chi connectivity index (χ1n) is 5.59. The Morgan fingerprint density at radius 3 is 2.53 bits per heavy atom. The number of carbonyl (C=O) groups is 2. The highest BCUT2D eigenvalue weighted by molar-refractivity contribution is 9.25. The molecule has 0 radical (unpaired) electrons. The highest BCUT2D eigenvalue weighted by Gasteiger charge is 2.66. The Labute approximate surface area is 132 Å². The zero-order chi connectivity index (χ0) is 14.4. The van der Waals surface area contributed by atoms with Crippen LogP contribution < -0.4 is 5.32 Å². The number of nitrogens with one attached hydrogen (secondary N) is 1. The number of carbonyl (C=O) groups excluding carboxylic acids is 2. The van der Waals surface area contributed by atoms with Crippen LogP contribution in [0.2, 0.25) is 0 Å². The highest BCUT2D eigenvalue weighted by atomic mass is 79.9. The van der Waals surface area contributed by atoms with Crippen LogP contribution in [0.1, 0.15) is 28.6 Å². The summed E-state index contributed by atoms with van der Waals surface area (Å²) in [7, 11) is 1.32. The van der Waals surface area contributed by atoms with Crippen molar-refractivity contribution >= 4 is 60.1 Å². The molecule has 104 valence electrons. The maximum atomic E-state index is 12.3. The molecule has 0 bridgehead atoms. The SMILES string of the molecule is COC(=O)c1cc(C)sc1NC(=O)C1(C)CC1(Br)Br. The molecule has 1 amide bonds. The number of hydrogen-bond acceptors (Lipinski definition) is 4. The van der Waals surface area contributed by atoms with Gasteiger partial charge in [-0.1, -0.05) is 31.9 Å². The summed E-state index contributed by atoms with van der Waals surface area (Å²) < 4.78 is 4.36. The number of aryl methyl sites for hydroxylation is 1. The Hall–Kier alpha value is -0.400. The Morgan fingerprint density at radius 2 is 2.05 bits per heavy atom. The third-order valence-corrected chi connectivity index (χ3v) is 6.52. The van der Waals surface area contributed by atoms with Crippen LogP contribution in [0.5, 0.6) is 0 Å². The molecule has 1 unspecified atom stereocenters. The third kappa shape index (κ3) is 2.60. The van der Waals surface area contributed by atoms with Gasteiger partial charge >= 0.3 is 5.97 Å². The first-order valence-corrected chi connectivity index (χ1v) is 7.99. The van der Waals surface area contributed by atoms with Crippen LogP contribution in [0.4, 0.5) is 5.00 Å². The molecule has 1 fully saturated rings. The van der Waals surface area contributed by atoms with E-state index in [1.54, 1.807) is 6.07 Å². The van der Waals surface area contributed by atoms with Gasteiger partial charge in [-0.3, -0.25) is 4.79 Å². The second-order valence-electron chi connectivity index (χ2n) is 4.76. The first-order chi connectivity index (χ1) is 8.71. The Morgan fingerprint density at radius 1 is 1.47 bits per heavy atom. The van der Waals surface area contributed by atoms with Gasteiger partial charge < -0.3 is 10.1 Å². The van der Waals surface area contributed by atoms with E-state index in [1.165, 1.54) is 18.4 Å². The second kappa shape index (κ2) is 4.86. The van der Waals surface area contributed by atoms with Crippen LogP contribution in [-0.4, -0.2) is 22.2 Å². The Bertz CT molecular complexity index is 555. The van der Waals surface area contributed by atoms with Crippen molar-refractivity contribution in [3.05, 3.63) is 16.5 Å². The molecule has 1 saturated carbocycles. The minimum atomic E-state index is -0.516. The summed E-state index contributed by atoms with van der Waals surface area (Å²) in [6.07, 6.45) is 0.698. The van der Waals surface area contributed by atoms with E-state index in [1.807, 2.05) is 13.8 Å². The van der Waals surface area contributed by atoms with Crippen LogP contribution in [0, 0.1) is 12.3 Å². The fourth-order valence-electron chi connectivity index (χ4n) is 1.76. The molecule has 1 aromatic rings. The van der Waals surface area contributed by atoms with Gasteiger partial charge in [-0.2, -0.15) is 0 Å². The third-order valence-electron chi connectivity index (χ3n) is 3.25. The van der Waals surface area contributed by atoms with E-state index in [9.17, 15) is 9.59 Å². The van der Waals surface area contributed by atoms with Crippen molar-refractivity contribution in [1.29, 1.82) is 0 Å². The van der Waals surface area contributed by atoms with Crippen molar-refractivity contribution in [3.63, 3.8) is 0 Å². The van der Waals surface area contributed by atoms with Gasteiger partial charge in [0.25, 0.3) is 0 Å². The van der Waals surface area contributed by atoms with Gasteiger partial charge in [0.2, 0.25) is 5.91 Å². The van der Waals surface area contributed by atoms with E-state index in [0.717, 1.165) is 4.88 Å². The molecular formula is C12H13Br2NO3S. The van der Waals surface area contributed by atoms with Crippen LogP contribution in [0.25, 0.3) is 0 Å². The summed E-state index contributed by atoms with van der Waals surface area (Å²) >= 11 is 8.28. The average molecular weight is 411 g/mol. The van der Waals surface area contributed by atoms with Gasteiger partial charge in [0.05, 0.1) is 21.3 Å². The maximum Gasteiger partial charge on any atom is 0.340 e. The van der Waals surface area contributed by atoms with Crippen LogP contribution in [0.3, 0.4) is 0 Å². The second-order valence-corrected chi connectivity index (χ2v) is 9.79. The van der Waals surface area contributed by atoms with E-state index in [2.05, 4.69) is 37.2 Å². The molecule has 1 aliphatic rings.